The average molecular weight is 244 g/mol. The number of ether oxygens (including phenoxy) is 3. The number of oxazole rings is 1. The molecule has 1 aromatic rings. The summed E-state index contributed by atoms with van der Waals surface area (Å²) in [5, 5.41) is 2.83. The Hall–Kier alpha value is -1.60. The number of rotatable bonds is 7. The van der Waals surface area contributed by atoms with Crippen LogP contribution in [-0.4, -0.2) is 44.6 Å². The third-order valence-corrected chi connectivity index (χ3v) is 1.93. The van der Waals surface area contributed by atoms with Gasteiger partial charge in [-0.1, -0.05) is 0 Å². The van der Waals surface area contributed by atoms with Crippen LogP contribution in [0, 0.1) is 0 Å². The van der Waals surface area contributed by atoms with Crippen molar-refractivity contribution in [3.63, 3.8) is 0 Å². The molecular weight excluding hydrogens is 228 g/mol. The molecule has 1 N–H and O–H groups in total. The van der Waals surface area contributed by atoms with Crippen molar-refractivity contribution < 1.29 is 23.4 Å². The topological polar surface area (TPSA) is 82.8 Å². The van der Waals surface area contributed by atoms with Crippen molar-refractivity contribution in [3.8, 4) is 0 Å². The molecule has 0 atom stereocenters. The van der Waals surface area contributed by atoms with Gasteiger partial charge in [0.25, 0.3) is 6.01 Å². The van der Waals surface area contributed by atoms with Gasteiger partial charge in [-0.15, -0.1) is 0 Å². The van der Waals surface area contributed by atoms with Gasteiger partial charge in [-0.25, -0.2) is 4.79 Å². The fraction of sp³-hybridized carbons (Fsp3) is 0.600. The van der Waals surface area contributed by atoms with E-state index in [9.17, 15) is 4.79 Å². The lowest BCUT2D eigenvalue weighted by Crippen LogP contribution is -2.23. The van der Waals surface area contributed by atoms with Gasteiger partial charge in [0.2, 0.25) is 0 Å². The summed E-state index contributed by atoms with van der Waals surface area (Å²) in [6.07, 6.45) is 0.822. The van der Waals surface area contributed by atoms with Gasteiger partial charge >= 0.3 is 5.97 Å². The molecule has 0 aliphatic heterocycles. The van der Waals surface area contributed by atoms with Crippen LogP contribution in [0.15, 0.2) is 10.7 Å². The molecule has 1 aromatic heterocycles. The minimum absolute atomic E-state index is 0.126. The predicted octanol–water partition coefficient (Wildman–Crippen LogP) is 0.882. The zero-order valence-corrected chi connectivity index (χ0v) is 10.1. The number of carbonyl (C=O) groups is 1. The number of nitrogens with one attached hydrogen (secondary N) is 1. The Kier molecular flexibility index (Phi) is 5.44. The Labute approximate surface area is 99.1 Å². The lowest BCUT2D eigenvalue weighted by Gasteiger charge is -2.12. The van der Waals surface area contributed by atoms with E-state index in [0.717, 1.165) is 0 Å². The molecule has 96 valence electrons. The zero-order valence-electron chi connectivity index (χ0n) is 10.1. The zero-order chi connectivity index (χ0) is 12.7. The van der Waals surface area contributed by atoms with E-state index in [2.05, 4.69) is 10.3 Å². The first kappa shape index (κ1) is 13.5. The van der Waals surface area contributed by atoms with E-state index in [1.807, 2.05) is 0 Å². The molecule has 0 aromatic carbocycles. The third-order valence-electron chi connectivity index (χ3n) is 1.93. The maximum absolute atomic E-state index is 11.3. The van der Waals surface area contributed by atoms with Crippen LogP contribution in [0.2, 0.25) is 0 Å². The number of aromatic nitrogens is 1. The van der Waals surface area contributed by atoms with Gasteiger partial charge in [-0.2, -0.15) is 4.98 Å². The maximum atomic E-state index is 11.3. The minimum atomic E-state index is -0.515. The van der Waals surface area contributed by atoms with Crippen LogP contribution in [0.5, 0.6) is 0 Å². The number of anilines is 1. The Morgan fingerprint density at radius 3 is 2.82 bits per heavy atom. The van der Waals surface area contributed by atoms with Crippen LogP contribution >= 0.6 is 0 Å². The number of esters is 1. The quantitative estimate of drug-likeness (QED) is 0.563. The molecule has 0 unspecified atom stereocenters. The summed E-state index contributed by atoms with van der Waals surface area (Å²) in [5.74, 6) is -0.515. The Morgan fingerprint density at radius 2 is 2.24 bits per heavy atom. The van der Waals surface area contributed by atoms with E-state index >= 15 is 0 Å². The van der Waals surface area contributed by atoms with Crippen molar-refractivity contribution in [3.05, 3.63) is 12.0 Å². The Balaban J connectivity index is 2.48. The van der Waals surface area contributed by atoms with Crippen molar-refractivity contribution >= 4 is 12.0 Å². The van der Waals surface area contributed by atoms with Crippen molar-refractivity contribution in [2.45, 2.75) is 13.2 Å². The first-order valence-electron chi connectivity index (χ1n) is 5.13. The van der Waals surface area contributed by atoms with E-state index in [-0.39, 0.29) is 11.7 Å². The molecule has 0 bridgehead atoms. The molecule has 0 aliphatic carbocycles. The molecule has 0 amide bonds. The van der Waals surface area contributed by atoms with E-state index in [0.29, 0.717) is 13.2 Å². The summed E-state index contributed by atoms with van der Waals surface area (Å²) in [6, 6.07) is 0.215. The lowest BCUT2D eigenvalue weighted by atomic mass is 10.5. The largest absolute Gasteiger partial charge is 0.461 e. The highest BCUT2D eigenvalue weighted by atomic mass is 16.7. The molecule has 17 heavy (non-hydrogen) atoms. The molecule has 0 fully saturated rings. The van der Waals surface area contributed by atoms with Gasteiger partial charge in [-0.05, 0) is 6.92 Å². The molecule has 1 heterocycles. The number of hydrogen-bond acceptors (Lipinski definition) is 7. The number of carbonyl (C=O) groups excluding carboxylic acids is 1. The average Bonchev–Trinajstić information content (AvgIpc) is 2.79. The van der Waals surface area contributed by atoms with Crippen molar-refractivity contribution in [1.29, 1.82) is 0 Å². The second kappa shape index (κ2) is 6.87. The molecule has 0 saturated carbocycles. The van der Waals surface area contributed by atoms with E-state index in [4.69, 9.17) is 18.6 Å². The van der Waals surface area contributed by atoms with Gasteiger partial charge in [0.1, 0.15) is 6.26 Å². The second-order valence-electron chi connectivity index (χ2n) is 3.04. The van der Waals surface area contributed by atoms with E-state index in [1.165, 1.54) is 20.5 Å². The van der Waals surface area contributed by atoms with Crippen LogP contribution in [0.4, 0.5) is 6.01 Å². The lowest BCUT2D eigenvalue weighted by molar-refractivity contribution is -0.0916. The molecular formula is C10H16N2O5. The Morgan fingerprint density at radius 1 is 1.53 bits per heavy atom. The highest BCUT2D eigenvalue weighted by molar-refractivity contribution is 5.87. The summed E-state index contributed by atoms with van der Waals surface area (Å²) in [4.78, 5) is 15.2. The molecule has 1 rings (SSSR count). The Bertz CT molecular complexity index is 348. The highest BCUT2D eigenvalue weighted by Gasteiger charge is 2.13. The molecule has 7 nitrogen and oxygen atoms in total. The van der Waals surface area contributed by atoms with Gasteiger partial charge in [-0.3, -0.25) is 0 Å². The van der Waals surface area contributed by atoms with Crippen molar-refractivity contribution in [2.75, 3.05) is 32.7 Å². The van der Waals surface area contributed by atoms with Crippen LogP contribution < -0.4 is 5.32 Å². The van der Waals surface area contributed by atoms with Gasteiger partial charge < -0.3 is 23.9 Å². The summed E-state index contributed by atoms with van der Waals surface area (Å²) in [7, 11) is 3.05. The molecule has 0 radical (unpaired) electrons. The van der Waals surface area contributed by atoms with E-state index in [1.54, 1.807) is 6.92 Å². The van der Waals surface area contributed by atoms with E-state index < -0.39 is 12.3 Å². The van der Waals surface area contributed by atoms with Crippen molar-refractivity contribution in [2.24, 2.45) is 0 Å². The third kappa shape index (κ3) is 4.04. The normalized spacial score (nSPS) is 10.6. The monoisotopic (exact) mass is 244 g/mol. The minimum Gasteiger partial charge on any atom is -0.461 e. The first-order valence-corrected chi connectivity index (χ1v) is 5.13. The van der Waals surface area contributed by atoms with Crippen LogP contribution in [-0.2, 0) is 14.2 Å². The number of nitrogens with zero attached hydrogens (tertiary/aromatic N) is 1. The summed E-state index contributed by atoms with van der Waals surface area (Å²) in [5.41, 5.74) is 0.126. The standard InChI is InChI=1S/C10H16N2O5/c1-4-16-9(13)7-6-17-10(12-7)11-5-8(14-2)15-3/h6,8H,4-5H2,1-3H3,(H,11,12). The van der Waals surface area contributed by atoms with Gasteiger partial charge in [0.15, 0.2) is 12.0 Å². The molecule has 0 aliphatic rings. The molecule has 7 heteroatoms. The fourth-order valence-electron chi connectivity index (χ4n) is 1.09. The smallest absolute Gasteiger partial charge is 0.360 e. The summed E-state index contributed by atoms with van der Waals surface area (Å²) < 4.78 is 19.7. The van der Waals surface area contributed by atoms with Crippen LogP contribution in [0.3, 0.4) is 0 Å². The van der Waals surface area contributed by atoms with Gasteiger partial charge in [0.05, 0.1) is 13.2 Å². The fourth-order valence-corrected chi connectivity index (χ4v) is 1.09. The first-order chi connectivity index (χ1) is 8.21. The van der Waals surface area contributed by atoms with Crippen molar-refractivity contribution in [1.82, 2.24) is 4.98 Å². The number of hydrogen-bond donors (Lipinski definition) is 1. The maximum Gasteiger partial charge on any atom is 0.360 e. The molecule has 0 saturated heterocycles. The van der Waals surface area contributed by atoms with Crippen LogP contribution in [0.25, 0.3) is 0 Å². The number of methoxy groups -OCH3 is 2. The molecule has 0 spiro atoms. The SMILES string of the molecule is CCOC(=O)c1coc(NCC(OC)OC)n1. The summed E-state index contributed by atoms with van der Waals surface area (Å²) in [6.45, 7) is 2.37. The van der Waals surface area contributed by atoms with Gasteiger partial charge in [0, 0.05) is 14.2 Å². The van der Waals surface area contributed by atoms with Crippen LogP contribution in [0.1, 0.15) is 17.4 Å². The summed E-state index contributed by atoms with van der Waals surface area (Å²) >= 11 is 0. The second-order valence-corrected chi connectivity index (χ2v) is 3.04. The predicted molar refractivity (Wildman–Crippen MR) is 58.8 cm³/mol. The highest BCUT2D eigenvalue weighted by Crippen LogP contribution is 2.09.